The number of likely N-dealkylation sites (tertiary alicyclic amines) is 2. The minimum atomic E-state index is -0.666. The summed E-state index contributed by atoms with van der Waals surface area (Å²) in [6.45, 7) is 14.4. The molecule has 6 rings (SSSR count). The number of hydrogen-bond donors (Lipinski definition) is 4. The average Bonchev–Trinajstić information content (AvgIpc) is 4.03. The van der Waals surface area contributed by atoms with E-state index in [0.29, 0.717) is 13.1 Å². The first-order valence-corrected chi connectivity index (χ1v) is 22.6. The van der Waals surface area contributed by atoms with Crippen LogP contribution in [-0.4, -0.2) is 91.9 Å². The molecule has 4 amide bonds. The van der Waals surface area contributed by atoms with E-state index in [-0.39, 0.29) is 47.5 Å². The molecule has 0 spiro atoms. The molecule has 2 aliphatic heterocycles. The number of nitrogens with zero attached hydrogens (tertiary/aromatic N) is 4. The normalized spacial score (nSPS) is 19.0. The Kier molecular flexibility index (Phi) is 15.1. The van der Waals surface area contributed by atoms with Crippen LogP contribution in [0.3, 0.4) is 0 Å². The highest BCUT2D eigenvalue weighted by Gasteiger charge is 2.37. The van der Waals surface area contributed by atoms with Crippen molar-refractivity contribution in [2.45, 2.75) is 155 Å². The third-order valence-corrected chi connectivity index (χ3v) is 12.8. The number of carbonyl (C=O) groups is 4. The lowest BCUT2D eigenvalue weighted by atomic mass is 9.99. The standard InChI is InChI=1S/C48H70N8O4/c1-31(2)43(51-45(57)33(5)49)47(59)55-25-15-17-37(55)27-35-29-53(41-21-11-9-19-39(35)41)23-13-7-8-14-24-54-30-36(40-20-10-12-22-42(40)54)28-38-18-16-26-56(38)48(60)44(32(3)4)52-46(58)34(6)50/h9-12,19-22,29-34,37-38,43-44H,7-8,13-18,23-28,49-50H2,1-6H3,(H,51,57)(H,52,58)/t33-,34-,37-,38-,43-,44-/m0/s1. The number of rotatable bonds is 19. The quantitative estimate of drug-likeness (QED) is 0.0863. The summed E-state index contributed by atoms with van der Waals surface area (Å²) in [5.74, 6) is -0.695. The molecule has 12 nitrogen and oxygen atoms in total. The molecule has 12 heteroatoms. The Bertz CT molecular complexity index is 1950. The predicted molar refractivity (Wildman–Crippen MR) is 240 cm³/mol. The summed E-state index contributed by atoms with van der Waals surface area (Å²) in [6, 6.07) is 14.9. The Hall–Kier alpha value is -4.68. The van der Waals surface area contributed by atoms with Crippen molar-refractivity contribution in [1.82, 2.24) is 29.6 Å². The SMILES string of the molecule is CC(C)[C@H](NC(=O)[C@H](C)N)C(=O)N1CCC[C@H]1Cc1cn(CCCCCCn2cc(C[C@@H]3CCCN3C(=O)[C@@H](NC(=O)[C@H](C)N)C(C)C)c3ccccc32)c2ccccc12. The summed E-state index contributed by atoms with van der Waals surface area (Å²) in [5, 5.41) is 8.32. The Morgan fingerprint density at radius 1 is 0.600 bits per heavy atom. The third kappa shape index (κ3) is 10.4. The van der Waals surface area contributed by atoms with E-state index in [0.717, 1.165) is 77.3 Å². The predicted octanol–water partition coefficient (Wildman–Crippen LogP) is 5.90. The molecule has 0 bridgehead atoms. The fraction of sp³-hybridized carbons (Fsp3) is 0.583. The summed E-state index contributed by atoms with van der Waals surface area (Å²) >= 11 is 0. The fourth-order valence-corrected chi connectivity index (χ4v) is 9.40. The van der Waals surface area contributed by atoms with E-state index in [1.807, 2.05) is 37.5 Å². The van der Waals surface area contributed by atoms with Gasteiger partial charge in [0.15, 0.2) is 0 Å². The van der Waals surface area contributed by atoms with Crippen LogP contribution in [0.15, 0.2) is 60.9 Å². The maximum atomic E-state index is 13.8. The van der Waals surface area contributed by atoms with Crippen molar-refractivity contribution in [3.63, 3.8) is 0 Å². The molecular weight excluding hydrogens is 753 g/mol. The van der Waals surface area contributed by atoms with Crippen molar-refractivity contribution < 1.29 is 19.2 Å². The molecule has 6 N–H and O–H groups in total. The van der Waals surface area contributed by atoms with Crippen molar-refractivity contribution in [2.24, 2.45) is 23.3 Å². The molecule has 2 aromatic heterocycles. The summed E-state index contributed by atoms with van der Waals surface area (Å²) in [6.07, 6.45) is 14.4. The second-order valence-corrected chi connectivity index (χ2v) is 18.2. The number of fused-ring (bicyclic) bond motifs is 2. The van der Waals surface area contributed by atoms with Gasteiger partial charge < -0.3 is 41.0 Å². The van der Waals surface area contributed by atoms with E-state index in [4.69, 9.17) is 11.5 Å². The first-order chi connectivity index (χ1) is 28.7. The number of nitrogens with two attached hydrogens (primary N) is 2. The molecule has 2 aromatic carbocycles. The molecule has 4 aromatic rings. The van der Waals surface area contributed by atoms with Crippen LogP contribution in [0.25, 0.3) is 21.8 Å². The van der Waals surface area contributed by atoms with E-state index in [1.54, 1.807) is 13.8 Å². The molecule has 6 atom stereocenters. The van der Waals surface area contributed by atoms with Gasteiger partial charge in [0.25, 0.3) is 0 Å². The summed E-state index contributed by atoms with van der Waals surface area (Å²) in [7, 11) is 0. The van der Waals surface area contributed by atoms with Gasteiger partial charge >= 0.3 is 0 Å². The first-order valence-electron chi connectivity index (χ1n) is 22.6. The molecule has 2 saturated heterocycles. The Morgan fingerprint density at radius 3 is 1.35 bits per heavy atom. The minimum Gasteiger partial charge on any atom is -0.347 e. The first kappa shape index (κ1) is 44.9. The van der Waals surface area contributed by atoms with Gasteiger partial charge in [0.1, 0.15) is 12.1 Å². The van der Waals surface area contributed by atoms with Gasteiger partial charge in [-0.1, -0.05) is 76.9 Å². The monoisotopic (exact) mass is 823 g/mol. The van der Waals surface area contributed by atoms with E-state index >= 15 is 0 Å². The highest BCUT2D eigenvalue weighted by atomic mass is 16.2. The molecule has 4 heterocycles. The Morgan fingerprint density at radius 2 is 0.983 bits per heavy atom. The second-order valence-electron chi connectivity index (χ2n) is 18.2. The van der Waals surface area contributed by atoms with E-state index in [2.05, 4.69) is 80.7 Å². The minimum absolute atomic E-state index is 0.0111. The van der Waals surface area contributed by atoms with Crippen molar-refractivity contribution in [3.8, 4) is 0 Å². The van der Waals surface area contributed by atoms with E-state index in [1.165, 1.54) is 32.9 Å². The van der Waals surface area contributed by atoms with Crippen LogP contribution in [0.2, 0.25) is 0 Å². The molecule has 326 valence electrons. The average molecular weight is 823 g/mol. The van der Waals surface area contributed by atoms with Gasteiger partial charge in [-0.3, -0.25) is 19.2 Å². The zero-order chi connectivity index (χ0) is 43.1. The summed E-state index contributed by atoms with van der Waals surface area (Å²) in [5.41, 5.74) is 16.6. The van der Waals surface area contributed by atoms with Crippen molar-refractivity contribution in [3.05, 3.63) is 72.1 Å². The number of amides is 4. The van der Waals surface area contributed by atoms with Gasteiger partial charge in [-0.15, -0.1) is 0 Å². The van der Waals surface area contributed by atoms with Crippen molar-refractivity contribution >= 4 is 45.4 Å². The van der Waals surface area contributed by atoms with E-state index < -0.39 is 24.2 Å². The van der Waals surface area contributed by atoms with Crippen LogP contribution in [0, 0.1) is 11.8 Å². The number of benzene rings is 2. The number of carbonyl (C=O) groups excluding carboxylic acids is 4. The van der Waals surface area contributed by atoms with Crippen LogP contribution < -0.4 is 22.1 Å². The topological polar surface area (TPSA) is 161 Å². The van der Waals surface area contributed by atoms with Gasteiger partial charge in [-0.05, 0) is 100 Å². The molecular formula is C48H70N8O4. The zero-order valence-corrected chi connectivity index (χ0v) is 36.9. The zero-order valence-electron chi connectivity index (χ0n) is 36.9. The third-order valence-electron chi connectivity index (χ3n) is 12.8. The van der Waals surface area contributed by atoms with Crippen molar-refractivity contribution in [2.75, 3.05) is 13.1 Å². The Labute approximate surface area is 356 Å². The number of aromatic nitrogens is 2. The number of para-hydroxylation sites is 2. The van der Waals surface area contributed by atoms with Gasteiger partial charge in [0, 0.05) is 72.5 Å². The molecule has 0 radical (unpaired) electrons. The molecule has 0 aliphatic carbocycles. The van der Waals surface area contributed by atoms with E-state index in [9.17, 15) is 19.2 Å². The second kappa shape index (κ2) is 20.3. The number of unbranched alkanes of at least 4 members (excludes halogenated alkanes) is 3. The molecule has 0 unspecified atom stereocenters. The molecule has 0 saturated carbocycles. The maximum Gasteiger partial charge on any atom is 0.245 e. The highest BCUT2D eigenvalue weighted by Crippen LogP contribution is 2.31. The smallest absolute Gasteiger partial charge is 0.245 e. The summed E-state index contributed by atoms with van der Waals surface area (Å²) < 4.78 is 4.79. The lowest BCUT2D eigenvalue weighted by Gasteiger charge is -2.31. The maximum absolute atomic E-state index is 13.8. The fourth-order valence-electron chi connectivity index (χ4n) is 9.40. The number of nitrogens with one attached hydrogen (secondary N) is 2. The van der Waals surface area contributed by atoms with Gasteiger partial charge in [-0.2, -0.15) is 0 Å². The van der Waals surface area contributed by atoms with Gasteiger partial charge in [0.2, 0.25) is 23.6 Å². The molecule has 2 aliphatic rings. The number of aryl methyl sites for hydroxylation is 2. The van der Waals surface area contributed by atoms with Crippen LogP contribution in [0.4, 0.5) is 0 Å². The molecule has 2 fully saturated rings. The number of hydrogen-bond acceptors (Lipinski definition) is 6. The molecule has 60 heavy (non-hydrogen) atoms. The largest absolute Gasteiger partial charge is 0.347 e. The lowest BCUT2D eigenvalue weighted by molar-refractivity contribution is -0.138. The highest BCUT2D eigenvalue weighted by molar-refractivity contribution is 5.91. The van der Waals surface area contributed by atoms with Crippen LogP contribution in [0.1, 0.15) is 104 Å². The van der Waals surface area contributed by atoms with Crippen LogP contribution >= 0.6 is 0 Å². The van der Waals surface area contributed by atoms with Crippen LogP contribution in [0.5, 0.6) is 0 Å². The summed E-state index contributed by atoms with van der Waals surface area (Å²) in [4.78, 5) is 56.6. The van der Waals surface area contributed by atoms with Crippen molar-refractivity contribution in [1.29, 1.82) is 0 Å². The Balaban J connectivity index is 1.04. The van der Waals surface area contributed by atoms with Crippen LogP contribution in [-0.2, 0) is 45.1 Å². The lowest BCUT2D eigenvalue weighted by Crippen LogP contribution is -2.55. The van der Waals surface area contributed by atoms with Gasteiger partial charge in [0.05, 0.1) is 12.1 Å². The van der Waals surface area contributed by atoms with Gasteiger partial charge in [-0.25, -0.2) is 0 Å².